The van der Waals surface area contributed by atoms with Gasteiger partial charge in [-0.1, -0.05) is 6.92 Å². The van der Waals surface area contributed by atoms with Crippen molar-refractivity contribution in [2.45, 2.75) is 51.6 Å². The molecule has 1 heterocycles. The van der Waals surface area contributed by atoms with Crippen LogP contribution in [-0.4, -0.2) is 48.9 Å². The summed E-state index contributed by atoms with van der Waals surface area (Å²) in [5.41, 5.74) is 0. The predicted octanol–water partition coefficient (Wildman–Crippen LogP) is 0.502. The molecule has 0 aliphatic carbocycles. The third-order valence-electron chi connectivity index (χ3n) is 3.24. The number of amides is 2. The Bertz CT molecular complexity index is 294. The Labute approximate surface area is 109 Å². The van der Waals surface area contributed by atoms with E-state index in [1.807, 2.05) is 6.92 Å². The molecule has 1 rings (SSSR count). The Morgan fingerprint density at radius 3 is 2.72 bits per heavy atom. The first-order chi connectivity index (χ1) is 8.54. The van der Waals surface area contributed by atoms with Crippen LogP contribution in [0.15, 0.2) is 0 Å². The summed E-state index contributed by atoms with van der Waals surface area (Å²) < 4.78 is 0. The number of hydrogen-bond acceptors (Lipinski definition) is 3. The molecule has 0 radical (unpaired) electrons. The molecule has 2 N–H and O–H groups in total. The first kappa shape index (κ1) is 15.0. The minimum Gasteiger partial charge on any atom is -0.355 e. The van der Waals surface area contributed by atoms with Crippen LogP contribution >= 0.6 is 0 Å². The average molecular weight is 255 g/mol. The number of nitrogens with one attached hydrogen (secondary N) is 2. The first-order valence-electron chi connectivity index (χ1n) is 6.82. The molecule has 1 aliphatic rings. The standard InChI is InChI=1S/C13H25N3O2/c1-4-8-14-12(17)9-16(3)13(18)11-7-5-6-10(2)15-11/h10-11,15H,4-9H2,1-3H3,(H,14,17). The van der Waals surface area contributed by atoms with Gasteiger partial charge < -0.3 is 15.5 Å². The summed E-state index contributed by atoms with van der Waals surface area (Å²) in [6, 6.07) is 0.257. The number of rotatable bonds is 5. The van der Waals surface area contributed by atoms with Crippen LogP contribution in [0, 0.1) is 0 Å². The zero-order valence-electron chi connectivity index (χ0n) is 11.7. The fourth-order valence-electron chi connectivity index (χ4n) is 2.21. The fourth-order valence-corrected chi connectivity index (χ4v) is 2.21. The second kappa shape index (κ2) is 7.36. The Balaban J connectivity index is 2.38. The van der Waals surface area contributed by atoms with Crippen molar-refractivity contribution in [1.29, 1.82) is 0 Å². The zero-order valence-corrected chi connectivity index (χ0v) is 11.7. The van der Waals surface area contributed by atoms with E-state index in [9.17, 15) is 9.59 Å². The topological polar surface area (TPSA) is 61.4 Å². The van der Waals surface area contributed by atoms with E-state index in [0.29, 0.717) is 12.6 Å². The Morgan fingerprint density at radius 1 is 1.39 bits per heavy atom. The zero-order chi connectivity index (χ0) is 13.5. The number of carbonyl (C=O) groups excluding carboxylic acids is 2. The molecule has 5 heteroatoms. The highest BCUT2D eigenvalue weighted by Crippen LogP contribution is 2.13. The Kier molecular flexibility index (Phi) is 6.12. The number of nitrogens with zero attached hydrogens (tertiary/aromatic N) is 1. The lowest BCUT2D eigenvalue weighted by molar-refractivity contribution is -0.137. The van der Waals surface area contributed by atoms with Gasteiger partial charge in [0.15, 0.2) is 0 Å². The summed E-state index contributed by atoms with van der Waals surface area (Å²) in [5.74, 6) is -0.0650. The predicted molar refractivity (Wildman–Crippen MR) is 71.2 cm³/mol. The molecule has 18 heavy (non-hydrogen) atoms. The van der Waals surface area contributed by atoms with Gasteiger partial charge in [-0.05, 0) is 32.6 Å². The van der Waals surface area contributed by atoms with Crippen molar-refractivity contribution in [2.24, 2.45) is 0 Å². The second-order valence-electron chi connectivity index (χ2n) is 5.10. The third-order valence-corrected chi connectivity index (χ3v) is 3.24. The van der Waals surface area contributed by atoms with Crippen LogP contribution in [-0.2, 0) is 9.59 Å². The van der Waals surface area contributed by atoms with Crippen molar-refractivity contribution < 1.29 is 9.59 Å². The van der Waals surface area contributed by atoms with Gasteiger partial charge in [0.05, 0.1) is 12.6 Å². The van der Waals surface area contributed by atoms with E-state index >= 15 is 0 Å². The van der Waals surface area contributed by atoms with Gasteiger partial charge in [-0.2, -0.15) is 0 Å². The molecule has 0 aromatic carbocycles. The maximum atomic E-state index is 12.1. The normalized spacial score (nSPS) is 23.5. The summed E-state index contributed by atoms with van der Waals surface area (Å²) in [5, 5.41) is 6.07. The van der Waals surface area contributed by atoms with E-state index in [-0.39, 0.29) is 24.4 Å². The minimum atomic E-state index is -0.127. The van der Waals surface area contributed by atoms with E-state index < -0.39 is 0 Å². The molecule has 0 saturated carbocycles. The van der Waals surface area contributed by atoms with Gasteiger partial charge >= 0.3 is 0 Å². The van der Waals surface area contributed by atoms with E-state index in [1.54, 1.807) is 7.05 Å². The lowest BCUT2D eigenvalue weighted by Gasteiger charge is -2.30. The number of hydrogen-bond donors (Lipinski definition) is 2. The summed E-state index contributed by atoms with van der Waals surface area (Å²) in [7, 11) is 1.69. The molecule has 0 bridgehead atoms. The van der Waals surface area contributed by atoms with Gasteiger partial charge in [0.25, 0.3) is 0 Å². The van der Waals surface area contributed by atoms with Crippen LogP contribution in [0.4, 0.5) is 0 Å². The van der Waals surface area contributed by atoms with Gasteiger partial charge in [0.2, 0.25) is 11.8 Å². The molecule has 2 amide bonds. The van der Waals surface area contributed by atoms with Crippen LogP contribution in [0.5, 0.6) is 0 Å². The number of likely N-dealkylation sites (N-methyl/N-ethyl adjacent to an activating group) is 1. The molecule has 104 valence electrons. The highest BCUT2D eigenvalue weighted by Gasteiger charge is 2.27. The number of piperidine rings is 1. The largest absolute Gasteiger partial charge is 0.355 e. The summed E-state index contributed by atoms with van der Waals surface area (Å²) in [4.78, 5) is 25.2. The van der Waals surface area contributed by atoms with Crippen molar-refractivity contribution >= 4 is 11.8 Å². The monoisotopic (exact) mass is 255 g/mol. The van der Waals surface area contributed by atoms with Crippen molar-refractivity contribution in [3.8, 4) is 0 Å². The van der Waals surface area contributed by atoms with Crippen LogP contribution in [0.25, 0.3) is 0 Å². The first-order valence-corrected chi connectivity index (χ1v) is 6.82. The fraction of sp³-hybridized carbons (Fsp3) is 0.846. The van der Waals surface area contributed by atoms with Crippen molar-refractivity contribution in [3.63, 3.8) is 0 Å². The summed E-state index contributed by atoms with van der Waals surface area (Å²) in [6.07, 6.45) is 3.96. The Morgan fingerprint density at radius 2 is 2.11 bits per heavy atom. The molecule has 2 atom stereocenters. The molecular formula is C13H25N3O2. The van der Waals surface area contributed by atoms with Gasteiger partial charge in [-0.15, -0.1) is 0 Å². The second-order valence-corrected chi connectivity index (χ2v) is 5.10. The van der Waals surface area contributed by atoms with Gasteiger partial charge in [-0.25, -0.2) is 0 Å². The van der Waals surface area contributed by atoms with E-state index in [1.165, 1.54) is 4.90 Å². The highest BCUT2D eigenvalue weighted by atomic mass is 16.2. The molecule has 1 fully saturated rings. The van der Waals surface area contributed by atoms with Crippen molar-refractivity contribution in [1.82, 2.24) is 15.5 Å². The van der Waals surface area contributed by atoms with Gasteiger partial charge in [0.1, 0.15) is 0 Å². The van der Waals surface area contributed by atoms with E-state index in [4.69, 9.17) is 0 Å². The Hall–Kier alpha value is -1.10. The number of carbonyl (C=O) groups is 2. The molecule has 0 aromatic rings. The molecule has 1 aliphatic heterocycles. The summed E-state index contributed by atoms with van der Waals surface area (Å²) in [6.45, 7) is 4.90. The quantitative estimate of drug-likeness (QED) is 0.752. The molecule has 0 spiro atoms. The SMILES string of the molecule is CCCNC(=O)CN(C)C(=O)C1CCCC(C)N1. The molecule has 1 saturated heterocycles. The van der Waals surface area contributed by atoms with E-state index in [0.717, 1.165) is 25.7 Å². The minimum absolute atomic E-state index is 0.0215. The average Bonchev–Trinajstić information content (AvgIpc) is 2.35. The van der Waals surface area contributed by atoms with Crippen LogP contribution < -0.4 is 10.6 Å². The van der Waals surface area contributed by atoms with Crippen molar-refractivity contribution in [3.05, 3.63) is 0 Å². The third kappa shape index (κ3) is 4.64. The maximum Gasteiger partial charge on any atom is 0.239 e. The molecule has 0 aromatic heterocycles. The van der Waals surface area contributed by atoms with Crippen molar-refractivity contribution in [2.75, 3.05) is 20.1 Å². The van der Waals surface area contributed by atoms with E-state index in [2.05, 4.69) is 17.6 Å². The maximum absolute atomic E-state index is 12.1. The van der Waals surface area contributed by atoms with Gasteiger partial charge in [0, 0.05) is 19.6 Å². The molecule has 2 unspecified atom stereocenters. The van der Waals surface area contributed by atoms with Crippen LogP contribution in [0.3, 0.4) is 0 Å². The highest BCUT2D eigenvalue weighted by molar-refractivity contribution is 5.87. The smallest absolute Gasteiger partial charge is 0.239 e. The van der Waals surface area contributed by atoms with Gasteiger partial charge in [-0.3, -0.25) is 9.59 Å². The lowest BCUT2D eigenvalue weighted by atomic mass is 9.99. The molecule has 5 nitrogen and oxygen atoms in total. The van der Waals surface area contributed by atoms with Crippen LogP contribution in [0.1, 0.15) is 39.5 Å². The molecular weight excluding hydrogens is 230 g/mol. The lowest BCUT2D eigenvalue weighted by Crippen LogP contribution is -2.52. The van der Waals surface area contributed by atoms with Crippen LogP contribution in [0.2, 0.25) is 0 Å². The summed E-state index contributed by atoms with van der Waals surface area (Å²) >= 11 is 0.